The van der Waals surface area contributed by atoms with Gasteiger partial charge in [0.25, 0.3) is 0 Å². The summed E-state index contributed by atoms with van der Waals surface area (Å²) in [5.41, 5.74) is 0. The molecule has 0 aromatic carbocycles. The summed E-state index contributed by atoms with van der Waals surface area (Å²) in [6.07, 6.45) is 2.32. The third-order valence-electron chi connectivity index (χ3n) is 3.09. The van der Waals surface area contributed by atoms with E-state index in [0.29, 0.717) is 18.0 Å². The molecule has 5 heteroatoms. The summed E-state index contributed by atoms with van der Waals surface area (Å²) in [5.74, 6) is 1.63. The molecule has 0 fully saturated rings. The van der Waals surface area contributed by atoms with Crippen LogP contribution in [0, 0.1) is 5.92 Å². The summed E-state index contributed by atoms with van der Waals surface area (Å²) < 4.78 is 1.95. The molecule has 5 nitrogen and oxygen atoms in total. The van der Waals surface area contributed by atoms with Gasteiger partial charge in [0.1, 0.15) is 0 Å². The number of hydrogen-bond acceptors (Lipinski definition) is 4. The molecule has 0 saturated carbocycles. The van der Waals surface area contributed by atoms with E-state index in [4.69, 9.17) is 0 Å². The van der Waals surface area contributed by atoms with E-state index in [1.54, 1.807) is 0 Å². The molecule has 0 amide bonds. The molecule has 0 aliphatic rings. The van der Waals surface area contributed by atoms with Crippen LogP contribution in [-0.4, -0.2) is 26.2 Å². The molecule has 1 aromatic rings. The third-order valence-corrected chi connectivity index (χ3v) is 3.09. The van der Waals surface area contributed by atoms with Gasteiger partial charge in [-0.15, -0.1) is 5.10 Å². The molecule has 0 aliphatic carbocycles. The van der Waals surface area contributed by atoms with Crippen LogP contribution in [-0.2, 0) is 6.54 Å². The topological polar surface area (TPSA) is 55.6 Å². The van der Waals surface area contributed by atoms with Gasteiger partial charge in [0.2, 0.25) is 0 Å². The summed E-state index contributed by atoms with van der Waals surface area (Å²) in [6, 6.07) is 0.814. The third kappa shape index (κ3) is 4.42. The van der Waals surface area contributed by atoms with Crippen LogP contribution in [0.5, 0.6) is 0 Å². The van der Waals surface area contributed by atoms with Crippen molar-refractivity contribution in [2.75, 3.05) is 0 Å². The maximum absolute atomic E-state index is 4.10. The van der Waals surface area contributed by atoms with Crippen molar-refractivity contribution in [2.45, 2.75) is 66.1 Å². The minimum atomic E-state index is 0.365. The standard InChI is InChI=1S/C12H25N5/c1-6-10(4)7-11(5)17-12(14-15-16-17)8-13-9(2)3/h9-11,13H,6-8H2,1-5H3. The van der Waals surface area contributed by atoms with Crippen LogP contribution >= 0.6 is 0 Å². The Balaban J connectivity index is 2.60. The lowest BCUT2D eigenvalue weighted by Gasteiger charge is -2.17. The highest BCUT2D eigenvalue weighted by atomic mass is 15.6. The second kappa shape index (κ2) is 6.69. The quantitative estimate of drug-likeness (QED) is 0.792. The van der Waals surface area contributed by atoms with E-state index in [9.17, 15) is 0 Å². The largest absolute Gasteiger partial charge is 0.308 e. The average molecular weight is 239 g/mol. The number of nitrogens with zero attached hydrogens (tertiary/aromatic N) is 4. The van der Waals surface area contributed by atoms with Gasteiger partial charge in [-0.3, -0.25) is 0 Å². The fourth-order valence-electron chi connectivity index (χ4n) is 1.82. The van der Waals surface area contributed by atoms with E-state index in [-0.39, 0.29) is 0 Å². The predicted octanol–water partition coefficient (Wildman–Crippen LogP) is 2.17. The lowest BCUT2D eigenvalue weighted by Crippen LogP contribution is -2.25. The number of hydrogen-bond donors (Lipinski definition) is 1. The van der Waals surface area contributed by atoms with Crippen LogP contribution in [0.15, 0.2) is 0 Å². The van der Waals surface area contributed by atoms with Crippen LogP contribution in [0.3, 0.4) is 0 Å². The first-order valence-corrected chi connectivity index (χ1v) is 6.54. The highest BCUT2D eigenvalue weighted by Crippen LogP contribution is 2.19. The molecule has 17 heavy (non-hydrogen) atoms. The molecule has 2 unspecified atom stereocenters. The Labute approximate surface area is 104 Å². The number of aromatic nitrogens is 4. The van der Waals surface area contributed by atoms with E-state index in [1.807, 2.05) is 4.68 Å². The molecule has 0 spiro atoms. The molecule has 1 rings (SSSR count). The minimum Gasteiger partial charge on any atom is -0.308 e. The van der Waals surface area contributed by atoms with Crippen LogP contribution in [0.1, 0.15) is 59.3 Å². The van der Waals surface area contributed by atoms with Gasteiger partial charge in [-0.2, -0.15) is 0 Å². The van der Waals surface area contributed by atoms with Gasteiger partial charge in [0, 0.05) is 6.04 Å². The zero-order chi connectivity index (χ0) is 12.8. The SMILES string of the molecule is CCC(C)CC(C)n1nnnc1CNC(C)C. The van der Waals surface area contributed by atoms with Crippen molar-refractivity contribution in [1.82, 2.24) is 25.5 Å². The molecule has 1 N–H and O–H groups in total. The van der Waals surface area contributed by atoms with Crippen molar-refractivity contribution in [3.05, 3.63) is 5.82 Å². The number of tetrazole rings is 1. The minimum absolute atomic E-state index is 0.365. The Kier molecular flexibility index (Phi) is 5.55. The molecular weight excluding hydrogens is 214 g/mol. The fraction of sp³-hybridized carbons (Fsp3) is 0.917. The molecule has 0 saturated heterocycles. The Morgan fingerprint density at radius 1 is 1.24 bits per heavy atom. The maximum atomic E-state index is 4.10. The molecule has 0 aliphatic heterocycles. The van der Waals surface area contributed by atoms with Gasteiger partial charge < -0.3 is 5.32 Å². The van der Waals surface area contributed by atoms with E-state index in [0.717, 1.165) is 18.8 Å². The van der Waals surface area contributed by atoms with Gasteiger partial charge in [-0.25, -0.2) is 4.68 Å². The van der Waals surface area contributed by atoms with E-state index >= 15 is 0 Å². The van der Waals surface area contributed by atoms with Crippen LogP contribution in [0.25, 0.3) is 0 Å². The lowest BCUT2D eigenvalue weighted by molar-refractivity contribution is 0.357. The van der Waals surface area contributed by atoms with Crippen molar-refractivity contribution in [1.29, 1.82) is 0 Å². The summed E-state index contributed by atoms with van der Waals surface area (Å²) in [5, 5.41) is 15.3. The molecule has 0 bridgehead atoms. The van der Waals surface area contributed by atoms with Crippen molar-refractivity contribution in [3.8, 4) is 0 Å². The monoisotopic (exact) mass is 239 g/mol. The number of nitrogens with one attached hydrogen (secondary N) is 1. The van der Waals surface area contributed by atoms with E-state index in [2.05, 4.69) is 55.5 Å². The summed E-state index contributed by atoms with van der Waals surface area (Å²) >= 11 is 0. The van der Waals surface area contributed by atoms with Gasteiger partial charge in [0.05, 0.1) is 12.6 Å². The van der Waals surface area contributed by atoms with Crippen molar-refractivity contribution >= 4 is 0 Å². The Morgan fingerprint density at radius 2 is 1.94 bits per heavy atom. The summed E-state index contributed by atoms with van der Waals surface area (Å²) in [4.78, 5) is 0. The van der Waals surface area contributed by atoms with E-state index in [1.165, 1.54) is 6.42 Å². The Hall–Kier alpha value is -0.970. The molecule has 2 atom stereocenters. The van der Waals surface area contributed by atoms with Crippen molar-refractivity contribution < 1.29 is 0 Å². The molecule has 1 heterocycles. The van der Waals surface area contributed by atoms with Crippen molar-refractivity contribution in [3.63, 3.8) is 0 Å². The van der Waals surface area contributed by atoms with Crippen LogP contribution in [0.4, 0.5) is 0 Å². The first-order valence-electron chi connectivity index (χ1n) is 6.54. The van der Waals surface area contributed by atoms with Crippen molar-refractivity contribution in [2.24, 2.45) is 5.92 Å². The highest BCUT2D eigenvalue weighted by molar-refractivity contribution is 4.83. The van der Waals surface area contributed by atoms with Gasteiger partial charge in [-0.05, 0) is 29.7 Å². The second-order valence-corrected chi connectivity index (χ2v) is 5.17. The zero-order valence-corrected chi connectivity index (χ0v) is 11.6. The predicted molar refractivity (Wildman–Crippen MR) is 68.6 cm³/mol. The smallest absolute Gasteiger partial charge is 0.165 e. The molecule has 1 aromatic heterocycles. The molecule has 0 radical (unpaired) electrons. The van der Waals surface area contributed by atoms with Crippen LogP contribution < -0.4 is 5.32 Å². The van der Waals surface area contributed by atoms with Gasteiger partial charge >= 0.3 is 0 Å². The zero-order valence-electron chi connectivity index (χ0n) is 11.6. The average Bonchev–Trinajstić information content (AvgIpc) is 2.74. The van der Waals surface area contributed by atoms with Gasteiger partial charge in [0.15, 0.2) is 5.82 Å². The Morgan fingerprint density at radius 3 is 2.53 bits per heavy atom. The van der Waals surface area contributed by atoms with E-state index < -0.39 is 0 Å². The normalized spacial score (nSPS) is 15.2. The molecular formula is C12H25N5. The fourth-order valence-corrected chi connectivity index (χ4v) is 1.82. The first-order chi connectivity index (χ1) is 8.04. The summed E-state index contributed by atoms with van der Waals surface area (Å²) in [6.45, 7) is 11.6. The number of rotatable bonds is 7. The molecule has 98 valence electrons. The van der Waals surface area contributed by atoms with Gasteiger partial charge in [-0.1, -0.05) is 34.1 Å². The lowest BCUT2D eigenvalue weighted by atomic mass is 10.0. The highest BCUT2D eigenvalue weighted by Gasteiger charge is 2.15. The second-order valence-electron chi connectivity index (χ2n) is 5.17. The first kappa shape index (κ1) is 14.1. The van der Waals surface area contributed by atoms with Crippen LogP contribution in [0.2, 0.25) is 0 Å². The maximum Gasteiger partial charge on any atom is 0.165 e. The summed E-state index contributed by atoms with van der Waals surface area (Å²) in [7, 11) is 0. The Bertz CT molecular complexity index is 320.